The fourth-order valence-electron chi connectivity index (χ4n) is 3.09. The average Bonchev–Trinajstić information content (AvgIpc) is 2.72. The molecular weight excluding hydrogens is 417 g/mol. The number of hydrogen-bond donors (Lipinski definition) is 1. The van der Waals surface area contributed by atoms with Gasteiger partial charge in [0, 0.05) is 43.4 Å². The molecule has 0 spiro atoms. The largest absolute Gasteiger partial charge is 0.368 e. The molecular formula is C20H21ClFN3O3S. The van der Waals surface area contributed by atoms with Crippen LogP contribution in [-0.2, 0) is 21.4 Å². The minimum atomic E-state index is -3.99. The predicted octanol–water partition coefficient (Wildman–Crippen LogP) is 2.79. The average molecular weight is 438 g/mol. The molecule has 0 atom stereocenters. The van der Waals surface area contributed by atoms with Crippen LogP contribution in [0.3, 0.4) is 0 Å². The first-order valence-electron chi connectivity index (χ1n) is 9.00. The van der Waals surface area contributed by atoms with E-state index in [-0.39, 0.29) is 17.5 Å². The van der Waals surface area contributed by atoms with Gasteiger partial charge in [0.25, 0.3) is 0 Å². The Hall–Kier alpha value is -2.42. The highest BCUT2D eigenvalue weighted by Gasteiger charge is 2.20. The van der Waals surface area contributed by atoms with Crippen molar-refractivity contribution in [1.82, 2.24) is 9.62 Å². The maximum absolute atomic E-state index is 13.9. The van der Waals surface area contributed by atoms with E-state index < -0.39 is 20.7 Å². The van der Waals surface area contributed by atoms with E-state index in [4.69, 9.17) is 11.6 Å². The molecule has 1 aliphatic heterocycles. The van der Waals surface area contributed by atoms with Crippen LogP contribution in [0.25, 0.3) is 0 Å². The highest BCUT2D eigenvalue weighted by Crippen LogP contribution is 2.20. The smallest absolute Gasteiger partial charge is 0.246 e. The lowest BCUT2D eigenvalue weighted by atomic mass is 10.2. The van der Waals surface area contributed by atoms with Crippen molar-refractivity contribution in [3.63, 3.8) is 0 Å². The van der Waals surface area contributed by atoms with E-state index in [9.17, 15) is 17.6 Å². The van der Waals surface area contributed by atoms with Gasteiger partial charge in [0.15, 0.2) is 0 Å². The number of nitrogens with zero attached hydrogens (tertiary/aromatic N) is 2. The van der Waals surface area contributed by atoms with Crippen molar-refractivity contribution in [1.29, 1.82) is 0 Å². The third kappa shape index (κ3) is 5.14. The van der Waals surface area contributed by atoms with Crippen molar-refractivity contribution in [3.8, 4) is 0 Å². The Bertz CT molecular complexity index is 1000. The SMILES string of the molecule is C=CC(=O)N1CCN(c2ccc(CNS(=O)(=O)c3ccc(Cl)cc3F)cc2)CC1. The molecule has 0 radical (unpaired) electrons. The number of benzene rings is 2. The van der Waals surface area contributed by atoms with Gasteiger partial charge in [-0.25, -0.2) is 17.5 Å². The molecule has 0 aromatic heterocycles. The molecule has 9 heteroatoms. The highest BCUT2D eigenvalue weighted by molar-refractivity contribution is 7.89. The van der Waals surface area contributed by atoms with E-state index in [1.54, 1.807) is 4.90 Å². The molecule has 1 fully saturated rings. The molecule has 0 unspecified atom stereocenters. The maximum atomic E-state index is 13.9. The Morgan fingerprint density at radius 2 is 1.79 bits per heavy atom. The number of rotatable bonds is 6. The lowest BCUT2D eigenvalue weighted by Crippen LogP contribution is -2.48. The van der Waals surface area contributed by atoms with Gasteiger partial charge < -0.3 is 9.80 Å². The zero-order valence-corrected chi connectivity index (χ0v) is 17.2. The number of piperazine rings is 1. The molecule has 29 heavy (non-hydrogen) atoms. The zero-order valence-electron chi connectivity index (χ0n) is 15.6. The van der Waals surface area contributed by atoms with Gasteiger partial charge in [0.2, 0.25) is 15.9 Å². The summed E-state index contributed by atoms with van der Waals surface area (Å²) in [6.07, 6.45) is 1.32. The molecule has 1 amide bonds. The molecule has 3 rings (SSSR count). The molecule has 2 aromatic rings. The van der Waals surface area contributed by atoms with Gasteiger partial charge in [-0.15, -0.1) is 0 Å². The quantitative estimate of drug-likeness (QED) is 0.705. The number of sulfonamides is 1. The van der Waals surface area contributed by atoms with E-state index in [2.05, 4.69) is 16.2 Å². The minimum Gasteiger partial charge on any atom is -0.368 e. The van der Waals surface area contributed by atoms with E-state index in [1.165, 1.54) is 12.1 Å². The van der Waals surface area contributed by atoms with Gasteiger partial charge in [-0.2, -0.15) is 0 Å². The predicted molar refractivity (Wildman–Crippen MR) is 111 cm³/mol. The number of amides is 1. The van der Waals surface area contributed by atoms with E-state index in [0.717, 1.165) is 23.4 Å². The lowest BCUT2D eigenvalue weighted by molar-refractivity contribution is -0.126. The third-order valence-corrected chi connectivity index (χ3v) is 6.39. The molecule has 1 N–H and O–H groups in total. The Balaban J connectivity index is 1.60. The van der Waals surface area contributed by atoms with Gasteiger partial charge in [-0.3, -0.25) is 4.79 Å². The number of anilines is 1. The van der Waals surface area contributed by atoms with Crippen LogP contribution in [0.2, 0.25) is 5.02 Å². The summed E-state index contributed by atoms with van der Waals surface area (Å²) < 4.78 is 40.9. The summed E-state index contributed by atoms with van der Waals surface area (Å²) in [6.45, 7) is 6.21. The van der Waals surface area contributed by atoms with E-state index in [1.807, 2.05) is 24.3 Å². The topological polar surface area (TPSA) is 69.7 Å². The first-order valence-corrected chi connectivity index (χ1v) is 10.9. The molecule has 1 aliphatic rings. The standard InChI is InChI=1S/C20H21ClFN3O3S/c1-2-20(26)25-11-9-24(10-12-25)17-6-3-15(4-7-17)14-23-29(27,28)19-8-5-16(21)13-18(19)22/h2-8,13,23H,1,9-12,14H2. The van der Waals surface area contributed by atoms with Crippen molar-refractivity contribution in [2.24, 2.45) is 0 Å². The maximum Gasteiger partial charge on any atom is 0.246 e. The van der Waals surface area contributed by atoms with Crippen LogP contribution < -0.4 is 9.62 Å². The van der Waals surface area contributed by atoms with Gasteiger partial charge in [-0.05, 0) is 42.0 Å². The minimum absolute atomic E-state index is 0.0340. The molecule has 0 aliphatic carbocycles. The fraction of sp³-hybridized carbons (Fsp3) is 0.250. The molecule has 1 saturated heterocycles. The summed E-state index contributed by atoms with van der Waals surface area (Å²) in [5, 5.41) is 0.131. The summed E-state index contributed by atoms with van der Waals surface area (Å²) in [6, 6.07) is 10.9. The van der Waals surface area contributed by atoms with Crippen LogP contribution in [0.4, 0.5) is 10.1 Å². The van der Waals surface area contributed by atoms with Crippen molar-refractivity contribution in [2.75, 3.05) is 31.1 Å². The second kappa shape index (κ2) is 8.94. The van der Waals surface area contributed by atoms with Crippen LogP contribution in [0.15, 0.2) is 60.0 Å². The number of halogens is 2. The van der Waals surface area contributed by atoms with E-state index >= 15 is 0 Å². The number of nitrogens with one attached hydrogen (secondary N) is 1. The van der Waals surface area contributed by atoms with Crippen LogP contribution in [-0.4, -0.2) is 45.4 Å². The van der Waals surface area contributed by atoms with Gasteiger partial charge >= 0.3 is 0 Å². The highest BCUT2D eigenvalue weighted by atomic mass is 35.5. The molecule has 6 nitrogen and oxygen atoms in total. The van der Waals surface area contributed by atoms with Crippen LogP contribution in [0, 0.1) is 5.82 Å². The van der Waals surface area contributed by atoms with Crippen LogP contribution in [0.1, 0.15) is 5.56 Å². The Morgan fingerprint density at radius 1 is 1.14 bits per heavy atom. The third-order valence-electron chi connectivity index (χ3n) is 4.72. The Kier molecular flexibility index (Phi) is 6.56. The lowest BCUT2D eigenvalue weighted by Gasteiger charge is -2.35. The first kappa shape index (κ1) is 21.3. The summed E-state index contributed by atoms with van der Waals surface area (Å²) in [5.41, 5.74) is 1.73. The Morgan fingerprint density at radius 3 is 2.38 bits per heavy atom. The number of carbonyl (C=O) groups excluding carboxylic acids is 1. The molecule has 0 bridgehead atoms. The molecule has 2 aromatic carbocycles. The summed E-state index contributed by atoms with van der Waals surface area (Å²) >= 11 is 5.67. The van der Waals surface area contributed by atoms with Gasteiger partial charge in [-0.1, -0.05) is 30.3 Å². The van der Waals surface area contributed by atoms with Crippen LogP contribution >= 0.6 is 11.6 Å². The molecule has 154 valence electrons. The number of hydrogen-bond acceptors (Lipinski definition) is 4. The fourth-order valence-corrected chi connectivity index (χ4v) is 4.32. The second-order valence-corrected chi connectivity index (χ2v) is 8.75. The van der Waals surface area contributed by atoms with Gasteiger partial charge in [0.1, 0.15) is 10.7 Å². The second-order valence-electron chi connectivity index (χ2n) is 6.58. The summed E-state index contributed by atoms with van der Waals surface area (Å²) in [4.78, 5) is 15.1. The van der Waals surface area contributed by atoms with Crippen LogP contribution in [0.5, 0.6) is 0 Å². The molecule has 0 saturated carbocycles. The van der Waals surface area contributed by atoms with Crippen molar-refractivity contribution in [3.05, 3.63) is 71.5 Å². The normalized spacial score (nSPS) is 14.7. The van der Waals surface area contributed by atoms with Crippen molar-refractivity contribution in [2.45, 2.75) is 11.4 Å². The van der Waals surface area contributed by atoms with Crippen molar-refractivity contribution >= 4 is 33.2 Å². The first-order chi connectivity index (χ1) is 13.8. The Labute approximate surface area is 174 Å². The van der Waals surface area contributed by atoms with Crippen molar-refractivity contribution < 1.29 is 17.6 Å². The summed E-state index contributed by atoms with van der Waals surface area (Å²) in [5.74, 6) is -0.959. The van der Waals surface area contributed by atoms with E-state index in [0.29, 0.717) is 26.2 Å². The monoisotopic (exact) mass is 437 g/mol. The summed E-state index contributed by atoms with van der Waals surface area (Å²) in [7, 11) is -3.99. The number of carbonyl (C=O) groups is 1. The van der Waals surface area contributed by atoms with Gasteiger partial charge in [0.05, 0.1) is 0 Å². The molecule has 1 heterocycles. The zero-order chi connectivity index (χ0) is 21.0.